The third-order valence-electron chi connectivity index (χ3n) is 13.4. The molecule has 1 aromatic heterocycles. The van der Waals surface area contributed by atoms with Crippen LogP contribution in [-0.4, -0.2) is 83.6 Å². The number of methoxy groups -OCH3 is 1. The molecule has 1 saturated heterocycles. The summed E-state index contributed by atoms with van der Waals surface area (Å²) in [6, 6.07) is 4.16. The van der Waals surface area contributed by atoms with Gasteiger partial charge in [-0.25, -0.2) is 8.42 Å². The lowest BCUT2D eigenvalue weighted by molar-refractivity contribution is -0.155. The highest BCUT2D eigenvalue weighted by molar-refractivity contribution is 7.90. The number of sulfonamides is 1. The molecule has 3 aliphatic carbocycles. The van der Waals surface area contributed by atoms with Crippen molar-refractivity contribution in [3.63, 3.8) is 0 Å². The van der Waals surface area contributed by atoms with Gasteiger partial charge in [0.25, 0.3) is 11.6 Å². The lowest BCUT2D eigenvalue weighted by Gasteiger charge is -2.29. The van der Waals surface area contributed by atoms with Crippen LogP contribution >= 0.6 is 0 Å². The van der Waals surface area contributed by atoms with Crippen molar-refractivity contribution in [2.75, 3.05) is 13.7 Å². The molecule has 2 aromatic rings. The van der Waals surface area contributed by atoms with E-state index in [4.69, 9.17) is 19.2 Å². The number of esters is 1. The van der Waals surface area contributed by atoms with Gasteiger partial charge in [-0.05, 0) is 81.8 Å². The largest absolute Gasteiger partial charge is 0.496 e. The van der Waals surface area contributed by atoms with Crippen molar-refractivity contribution in [1.29, 1.82) is 0 Å². The van der Waals surface area contributed by atoms with Gasteiger partial charge in [-0.2, -0.15) is 4.98 Å². The Morgan fingerprint density at radius 2 is 1.83 bits per heavy atom. The summed E-state index contributed by atoms with van der Waals surface area (Å²) in [7, 11) is -2.36. The first kappa shape index (κ1) is 42.8. The summed E-state index contributed by atoms with van der Waals surface area (Å²) in [6.45, 7) is 4.14. The second-order valence-electron chi connectivity index (χ2n) is 17.4. The molecule has 0 unspecified atom stereocenters. The molecular formula is C44H60N4O10S. The fourth-order valence-corrected chi connectivity index (χ4v) is 11.1. The van der Waals surface area contributed by atoms with E-state index >= 15 is 0 Å². The average molecular weight is 837 g/mol. The molecule has 7 atom stereocenters. The number of rotatable bonds is 13. The molecule has 1 N–H and O–H groups in total. The number of carbonyl (C=O) groups excluding carboxylic acids is 4. The molecule has 0 spiro atoms. The lowest BCUT2D eigenvalue weighted by atomic mass is 9.90. The predicted octanol–water partition coefficient (Wildman–Crippen LogP) is 5.78. The Bertz CT molecular complexity index is 2110. The van der Waals surface area contributed by atoms with Gasteiger partial charge in [0.2, 0.25) is 21.8 Å². The van der Waals surface area contributed by atoms with Crippen molar-refractivity contribution in [1.82, 2.24) is 19.2 Å². The van der Waals surface area contributed by atoms with Crippen molar-refractivity contribution >= 4 is 44.5 Å². The zero-order valence-electron chi connectivity index (χ0n) is 34.7. The Morgan fingerprint density at radius 3 is 2.56 bits per heavy atom. The van der Waals surface area contributed by atoms with Crippen LogP contribution in [0.2, 0.25) is 0 Å². The third kappa shape index (κ3) is 9.39. The molecular weight excluding hydrogens is 777 g/mol. The van der Waals surface area contributed by atoms with Crippen molar-refractivity contribution in [2.24, 2.45) is 23.2 Å². The van der Waals surface area contributed by atoms with Gasteiger partial charge >= 0.3 is 5.97 Å². The molecule has 5 aliphatic rings. The number of ether oxygens (including phenoxy) is 3. The van der Waals surface area contributed by atoms with Crippen molar-refractivity contribution in [3.8, 4) is 11.8 Å². The van der Waals surface area contributed by atoms with E-state index in [-0.39, 0.29) is 73.6 Å². The Balaban J connectivity index is 1.24. The van der Waals surface area contributed by atoms with Crippen molar-refractivity contribution in [3.05, 3.63) is 40.7 Å². The number of unbranched alkanes of at least 4 members (excludes halogenated alkanes) is 3. The average Bonchev–Trinajstić information content (AvgIpc) is 4.11. The number of ketones is 1. The van der Waals surface area contributed by atoms with E-state index in [0.29, 0.717) is 48.8 Å². The predicted molar refractivity (Wildman–Crippen MR) is 220 cm³/mol. The van der Waals surface area contributed by atoms with Crippen LogP contribution in [0.3, 0.4) is 0 Å². The molecule has 0 radical (unpaired) electrons. The minimum Gasteiger partial charge on any atom is -0.496 e. The molecule has 14 nitrogen and oxygen atoms in total. The molecule has 322 valence electrons. The second kappa shape index (κ2) is 18.1. The van der Waals surface area contributed by atoms with Gasteiger partial charge in [-0.1, -0.05) is 64.2 Å². The lowest BCUT2D eigenvalue weighted by Crippen LogP contribution is -2.46. The van der Waals surface area contributed by atoms with Crippen LogP contribution in [-0.2, 0) is 40.5 Å². The number of fused-ring (bicyclic) bond motifs is 5. The number of nitrogens with one attached hydrogen (secondary N) is 1. The monoisotopic (exact) mass is 836 g/mol. The third-order valence-corrected chi connectivity index (χ3v) is 15.2. The summed E-state index contributed by atoms with van der Waals surface area (Å²) in [4.78, 5) is 77.4. The molecule has 2 aliphatic heterocycles. The van der Waals surface area contributed by atoms with Crippen LogP contribution in [0.1, 0.15) is 123 Å². The molecule has 1 aromatic carbocycles. The fourth-order valence-electron chi connectivity index (χ4n) is 9.71. The van der Waals surface area contributed by atoms with Gasteiger partial charge in [-0.3, -0.25) is 33.3 Å². The fraction of sp³-hybridized carbons (Fsp3) is 0.682. The van der Waals surface area contributed by atoms with E-state index in [1.165, 1.54) is 16.6 Å². The first-order valence-corrected chi connectivity index (χ1v) is 23.4. The van der Waals surface area contributed by atoms with E-state index in [9.17, 15) is 32.4 Å². The number of benzene rings is 1. The highest BCUT2D eigenvalue weighted by atomic mass is 32.2. The summed E-state index contributed by atoms with van der Waals surface area (Å²) in [6.07, 6.45) is 12.7. The van der Waals surface area contributed by atoms with Crippen LogP contribution < -0.4 is 19.8 Å². The Hall–Kier alpha value is -4.27. The van der Waals surface area contributed by atoms with E-state index < -0.39 is 50.6 Å². The van der Waals surface area contributed by atoms with Crippen LogP contribution in [0.5, 0.6) is 11.8 Å². The Kier molecular flexibility index (Phi) is 13.2. The first-order chi connectivity index (χ1) is 28.4. The summed E-state index contributed by atoms with van der Waals surface area (Å²) in [5.41, 5.74) is -1.19. The van der Waals surface area contributed by atoms with E-state index in [0.717, 1.165) is 57.8 Å². The topological polar surface area (TPSA) is 180 Å². The van der Waals surface area contributed by atoms with E-state index in [1.807, 2.05) is 19.1 Å². The molecule has 3 heterocycles. The summed E-state index contributed by atoms with van der Waals surface area (Å²) < 4.78 is 47.7. The summed E-state index contributed by atoms with van der Waals surface area (Å²) in [5.74, 6) is -2.20. The minimum absolute atomic E-state index is 0.0191. The molecule has 2 amide bonds. The van der Waals surface area contributed by atoms with Gasteiger partial charge in [0.1, 0.15) is 23.3 Å². The van der Waals surface area contributed by atoms with E-state index in [2.05, 4.69) is 11.6 Å². The van der Waals surface area contributed by atoms with Gasteiger partial charge in [-0.15, -0.1) is 0 Å². The van der Waals surface area contributed by atoms with Gasteiger partial charge in [0.05, 0.1) is 42.3 Å². The van der Waals surface area contributed by atoms with Crippen LogP contribution in [0, 0.1) is 23.2 Å². The van der Waals surface area contributed by atoms with Gasteiger partial charge < -0.3 is 19.1 Å². The maximum atomic E-state index is 14.9. The number of allylic oxidation sites excluding steroid dienone is 2. The number of aromatic nitrogens is 2. The number of nitrogens with zero attached hydrogens (tertiary/aromatic N) is 3. The molecule has 2 bridgehead atoms. The van der Waals surface area contributed by atoms with Gasteiger partial charge in [0, 0.05) is 25.3 Å². The molecule has 3 saturated carbocycles. The molecule has 4 fully saturated rings. The number of carbonyl (C=O) groups is 4. The molecule has 59 heavy (non-hydrogen) atoms. The summed E-state index contributed by atoms with van der Waals surface area (Å²) >= 11 is 0. The zero-order chi connectivity index (χ0) is 41.9. The maximum absolute atomic E-state index is 14.9. The standard InChI is InChI=1S/C44H60N4O10S/c1-4-6-7-9-15-29-23-38(50)58-36-18-12-16-28(36)14-10-8-11-22-47-41(52)39-33(17-13-19-37(39)56-3)45-43(47)57-31-24-34(48(27-31)40(29)51)35(49)26-44(25-30(44)5-2)42(53)46-59(54,55)32-20-21-32/h8,11,13,17,19,28-32,34,36H,4-7,9-10,12,14-16,18,20-27H2,1-3H3,(H,46,53)/b11-8+/t28-,29-,30-,31-,34+,36-,44-/m1/s1. The number of hydrogen-bond donors (Lipinski definition) is 1. The minimum atomic E-state index is -3.85. The van der Waals surface area contributed by atoms with E-state index in [1.54, 1.807) is 18.2 Å². The Labute approximate surface area is 346 Å². The zero-order valence-corrected chi connectivity index (χ0v) is 35.5. The van der Waals surface area contributed by atoms with Gasteiger partial charge in [0.15, 0.2) is 5.78 Å². The maximum Gasteiger partial charge on any atom is 0.306 e. The molecule has 7 rings (SSSR count). The number of amides is 2. The highest BCUT2D eigenvalue weighted by Gasteiger charge is 2.61. The summed E-state index contributed by atoms with van der Waals surface area (Å²) in [5, 5.41) is -0.298. The van der Waals surface area contributed by atoms with Crippen molar-refractivity contribution in [2.45, 2.75) is 153 Å². The van der Waals surface area contributed by atoms with Crippen LogP contribution in [0.4, 0.5) is 0 Å². The second-order valence-corrected chi connectivity index (χ2v) is 19.4. The molecule has 15 heteroatoms. The normalized spacial score (nSPS) is 29.4. The quantitative estimate of drug-likeness (QED) is 0.147. The SMILES string of the molecule is CCCCCC[C@@H]1CC(=O)O[C@@H]2CCC[C@H]2CC/C=C/Cn2c(nc3cccc(OC)c3c2=O)O[C@@H]2C[C@@H](C(=O)C[C@]3(C(=O)NS(=O)(=O)C4CC4)C[C@H]3CC)N(C2)C1=O. The highest BCUT2D eigenvalue weighted by Crippen LogP contribution is 2.58. The smallest absolute Gasteiger partial charge is 0.306 e. The van der Waals surface area contributed by atoms with Crippen LogP contribution in [0.15, 0.2) is 35.1 Å². The van der Waals surface area contributed by atoms with Crippen molar-refractivity contribution < 1.29 is 41.8 Å². The number of Topliss-reactive ketones (excluding diaryl/α,β-unsaturated/α-hetero) is 1. The van der Waals surface area contributed by atoms with Crippen LogP contribution in [0.25, 0.3) is 10.9 Å². The number of hydrogen-bond acceptors (Lipinski definition) is 11. The Morgan fingerprint density at radius 1 is 1.02 bits per heavy atom. The first-order valence-electron chi connectivity index (χ1n) is 21.9.